The Kier molecular flexibility index (Phi) is 2.95. The summed E-state index contributed by atoms with van der Waals surface area (Å²) in [7, 11) is 0. The van der Waals surface area contributed by atoms with Gasteiger partial charge in [-0.05, 0) is 18.9 Å². The number of hydrogen-bond donors (Lipinski definition) is 2. The van der Waals surface area contributed by atoms with Gasteiger partial charge in [-0.3, -0.25) is 4.79 Å². The maximum absolute atomic E-state index is 11.0. The zero-order chi connectivity index (χ0) is 12.4. The van der Waals surface area contributed by atoms with Gasteiger partial charge < -0.3 is 10.7 Å². The molecule has 0 bridgehead atoms. The molecule has 0 radical (unpaired) electrons. The van der Waals surface area contributed by atoms with E-state index in [1.165, 1.54) is 5.56 Å². The Morgan fingerprint density at radius 2 is 2.00 bits per heavy atom. The van der Waals surface area contributed by atoms with Gasteiger partial charge in [0.2, 0.25) is 0 Å². The number of aromatic nitrogens is 2. The number of benzene rings is 1. The van der Waals surface area contributed by atoms with Crippen molar-refractivity contribution in [1.82, 2.24) is 9.97 Å². The fourth-order valence-corrected chi connectivity index (χ4v) is 1.76. The van der Waals surface area contributed by atoms with Crippen LogP contribution < -0.4 is 5.73 Å². The average Bonchev–Trinajstić information content (AvgIpc) is 2.72. The van der Waals surface area contributed by atoms with E-state index in [-0.39, 0.29) is 5.82 Å². The van der Waals surface area contributed by atoms with Gasteiger partial charge in [0.15, 0.2) is 5.82 Å². The summed E-state index contributed by atoms with van der Waals surface area (Å²) in [5.74, 6) is -0.332. The number of H-pyrrole nitrogens is 1. The number of nitrogens with one attached hydrogen (secondary N) is 1. The highest BCUT2D eigenvalue weighted by Crippen LogP contribution is 2.21. The molecule has 1 aromatic carbocycles. The van der Waals surface area contributed by atoms with Crippen LogP contribution >= 0.6 is 0 Å². The van der Waals surface area contributed by atoms with Gasteiger partial charge in [-0.25, -0.2) is 4.98 Å². The summed E-state index contributed by atoms with van der Waals surface area (Å²) in [5, 5.41) is 0. The van der Waals surface area contributed by atoms with Gasteiger partial charge in [-0.1, -0.05) is 31.2 Å². The number of carbonyl (C=O) groups excluding carboxylic acids is 1. The van der Waals surface area contributed by atoms with E-state index in [0.717, 1.165) is 23.4 Å². The van der Waals surface area contributed by atoms with E-state index < -0.39 is 5.91 Å². The summed E-state index contributed by atoms with van der Waals surface area (Å²) >= 11 is 0. The van der Waals surface area contributed by atoms with Crippen LogP contribution in [0.25, 0.3) is 11.3 Å². The van der Waals surface area contributed by atoms with E-state index in [0.29, 0.717) is 0 Å². The molecule has 2 aromatic rings. The Morgan fingerprint density at radius 1 is 1.35 bits per heavy atom. The maximum Gasteiger partial charge on any atom is 0.284 e. The van der Waals surface area contributed by atoms with Crippen molar-refractivity contribution in [2.24, 2.45) is 5.73 Å². The van der Waals surface area contributed by atoms with E-state index in [1.54, 1.807) is 0 Å². The van der Waals surface area contributed by atoms with Crippen LogP contribution in [-0.4, -0.2) is 15.9 Å². The third kappa shape index (κ3) is 2.20. The van der Waals surface area contributed by atoms with E-state index in [1.807, 2.05) is 19.1 Å². The predicted octanol–water partition coefficient (Wildman–Crippen LogP) is 2.05. The van der Waals surface area contributed by atoms with Crippen LogP contribution in [0, 0.1) is 6.92 Å². The number of aromatic amines is 1. The zero-order valence-corrected chi connectivity index (χ0v) is 9.95. The minimum atomic E-state index is -0.537. The van der Waals surface area contributed by atoms with Crippen LogP contribution in [0.1, 0.15) is 28.8 Å². The molecule has 0 spiro atoms. The third-order valence-corrected chi connectivity index (χ3v) is 2.75. The molecular formula is C13H15N3O. The normalized spacial score (nSPS) is 10.5. The Labute approximate surface area is 99.9 Å². The first-order valence-electron chi connectivity index (χ1n) is 5.57. The molecule has 4 heteroatoms. The number of nitrogens with two attached hydrogens (primary N) is 1. The number of imidazole rings is 1. The number of nitrogens with zero attached hydrogens (tertiary/aromatic N) is 1. The van der Waals surface area contributed by atoms with Crippen molar-refractivity contribution in [1.29, 1.82) is 0 Å². The molecule has 2 rings (SSSR count). The van der Waals surface area contributed by atoms with Crippen molar-refractivity contribution in [3.05, 3.63) is 41.3 Å². The molecule has 0 saturated heterocycles. The quantitative estimate of drug-likeness (QED) is 0.845. The van der Waals surface area contributed by atoms with Gasteiger partial charge in [-0.2, -0.15) is 0 Å². The molecule has 1 heterocycles. The lowest BCUT2D eigenvalue weighted by Gasteiger charge is -2.00. The first-order chi connectivity index (χ1) is 8.11. The SMILES string of the molecule is CCc1ccc(-c2nc(C(N)=O)[nH]c2C)cc1. The van der Waals surface area contributed by atoms with Gasteiger partial charge in [-0.15, -0.1) is 0 Å². The number of primary amides is 1. The molecule has 1 aromatic heterocycles. The second-order valence-electron chi connectivity index (χ2n) is 3.97. The van der Waals surface area contributed by atoms with Crippen LogP contribution in [-0.2, 0) is 6.42 Å². The summed E-state index contributed by atoms with van der Waals surface area (Å²) in [6.07, 6.45) is 1.01. The highest BCUT2D eigenvalue weighted by atomic mass is 16.1. The first-order valence-corrected chi connectivity index (χ1v) is 5.57. The van der Waals surface area contributed by atoms with Gasteiger partial charge in [0, 0.05) is 11.3 Å². The topological polar surface area (TPSA) is 71.8 Å². The number of hydrogen-bond acceptors (Lipinski definition) is 2. The third-order valence-electron chi connectivity index (χ3n) is 2.75. The van der Waals surface area contributed by atoms with Crippen molar-refractivity contribution in [2.75, 3.05) is 0 Å². The molecule has 0 saturated carbocycles. The number of carbonyl (C=O) groups is 1. The molecule has 0 atom stereocenters. The zero-order valence-electron chi connectivity index (χ0n) is 9.95. The summed E-state index contributed by atoms with van der Waals surface area (Å²) in [5.41, 5.74) is 9.08. The standard InChI is InChI=1S/C13H15N3O/c1-3-9-4-6-10(7-5-9)11-8(2)15-13(16-11)12(14)17/h4-7H,3H2,1-2H3,(H2,14,17)(H,15,16). The van der Waals surface area contributed by atoms with Crippen LogP contribution in [0.5, 0.6) is 0 Å². The van der Waals surface area contributed by atoms with Gasteiger partial charge in [0.05, 0.1) is 5.69 Å². The second kappa shape index (κ2) is 4.41. The monoisotopic (exact) mass is 229 g/mol. The number of aryl methyl sites for hydroxylation is 2. The molecule has 0 aliphatic carbocycles. The molecule has 0 unspecified atom stereocenters. The fourth-order valence-electron chi connectivity index (χ4n) is 1.76. The minimum absolute atomic E-state index is 0.206. The summed E-state index contributed by atoms with van der Waals surface area (Å²) in [4.78, 5) is 18.1. The lowest BCUT2D eigenvalue weighted by molar-refractivity contribution is 0.0991. The average molecular weight is 229 g/mol. The summed E-state index contributed by atoms with van der Waals surface area (Å²) < 4.78 is 0. The molecule has 17 heavy (non-hydrogen) atoms. The van der Waals surface area contributed by atoms with Crippen molar-refractivity contribution in [3.63, 3.8) is 0 Å². The van der Waals surface area contributed by atoms with Crippen LogP contribution in [0.3, 0.4) is 0 Å². The van der Waals surface area contributed by atoms with E-state index in [2.05, 4.69) is 29.0 Å². The Balaban J connectivity index is 2.41. The number of amides is 1. The van der Waals surface area contributed by atoms with Crippen LogP contribution in [0.15, 0.2) is 24.3 Å². The number of rotatable bonds is 3. The highest BCUT2D eigenvalue weighted by molar-refractivity contribution is 5.90. The molecule has 4 nitrogen and oxygen atoms in total. The molecule has 3 N–H and O–H groups in total. The molecule has 0 fully saturated rings. The highest BCUT2D eigenvalue weighted by Gasteiger charge is 2.11. The molecular weight excluding hydrogens is 214 g/mol. The second-order valence-corrected chi connectivity index (χ2v) is 3.97. The minimum Gasteiger partial charge on any atom is -0.363 e. The van der Waals surface area contributed by atoms with Crippen molar-refractivity contribution >= 4 is 5.91 Å². The largest absolute Gasteiger partial charge is 0.363 e. The lowest BCUT2D eigenvalue weighted by atomic mass is 10.1. The van der Waals surface area contributed by atoms with E-state index in [9.17, 15) is 4.79 Å². The van der Waals surface area contributed by atoms with Gasteiger partial charge >= 0.3 is 0 Å². The van der Waals surface area contributed by atoms with E-state index in [4.69, 9.17) is 5.73 Å². The summed E-state index contributed by atoms with van der Waals surface area (Å²) in [6.45, 7) is 3.99. The Bertz CT molecular complexity index is 540. The van der Waals surface area contributed by atoms with E-state index >= 15 is 0 Å². The molecule has 0 aliphatic heterocycles. The Morgan fingerprint density at radius 3 is 2.47 bits per heavy atom. The van der Waals surface area contributed by atoms with Crippen LogP contribution in [0.4, 0.5) is 0 Å². The first kappa shape index (κ1) is 11.4. The van der Waals surface area contributed by atoms with Gasteiger partial charge in [0.1, 0.15) is 0 Å². The summed E-state index contributed by atoms with van der Waals surface area (Å²) in [6, 6.07) is 8.14. The molecule has 88 valence electrons. The smallest absolute Gasteiger partial charge is 0.284 e. The Hall–Kier alpha value is -2.10. The van der Waals surface area contributed by atoms with Crippen molar-refractivity contribution in [2.45, 2.75) is 20.3 Å². The maximum atomic E-state index is 11.0. The van der Waals surface area contributed by atoms with Crippen molar-refractivity contribution < 1.29 is 4.79 Å². The fraction of sp³-hybridized carbons (Fsp3) is 0.231. The van der Waals surface area contributed by atoms with Crippen LogP contribution in [0.2, 0.25) is 0 Å². The molecule has 0 aliphatic rings. The molecule has 1 amide bonds. The van der Waals surface area contributed by atoms with Gasteiger partial charge in [0.25, 0.3) is 5.91 Å². The van der Waals surface area contributed by atoms with Crippen molar-refractivity contribution in [3.8, 4) is 11.3 Å². The predicted molar refractivity (Wildman–Crippen MR) is 66.7 cm³/mol. The lowest BCUT2D eigenvalue weighted by Crippen LogP contribution is -2.12.